The van der Waals surface area contributed by atoms with Crippen LogP contribution < -0.4 is 9.08 Å². The highest BCUT2D eigenvalue weighted by Gasteiger charge is 2.25. The van der Waals surface area contributed by atoms with Crippen LogP contribution in [0.1, 0.15) is 35.1 Å². The van der Waals surface area contributed by atoms with Crippen LogP contribution in [0.15, 0.2) is 35.2 Å². The minimum Gasteiger partial charge on any atom is -0.378 e. The van der Waals surface area contributed by atoms with Gasteiger partial charge in [-0.2, -0.15) is 8.42 Å². The normalized spacial score (nSPS) is 14.8. The van der Waals surface area contributed by atoms with Gasteiger partial charge < -0.3 is 9.08 Å². The zero-order chi connectivity index (χ0) is 19.1. The number of rotatable bonds is 4. The summed E-state index contributed by atoms with van der Waals surface area (Å²) in [6, 6.07) is 8.71. The van der Waals surface area contributed by atoms with Crippen LogP contribution in [0.3, 0.4) is 0 Å². The number of nitrogens with zero attached hydrogens (tertiary/aromatic N) is 1. The van der Waals surface area contributed by atoms with Crippen molar-refractivity contribution >= 4 is 21.7 Å². The van der Waals surface area contributed by atoms with Gasteiger partial charge in [-0.1, -0.05) is 12.1 Å². The van der Waals surface area contributed by atoms with Crippen molar-refractivity contribution in [2.24, 2.45) is 0 Å². The molecule has 3 rings (SSSR count). The molecule has 26 heavy (non-hydrogen) atoms. The maximum Gasteiger partial charge on any atom is 0.339 e. The Hall–Kier alpha value is -2.34. The Morgan fingerprint density at radius 1 is 0.962 bits per heavy atom. The van der Waals surface area contributed by atoms with Crippen molar-refractivity contribution in [1.82, 2.24) is 0 Å². The van der Waals surface area contributed by atoms with Gasteiger partial charge in [-0.3, -0.25) is 4.79 Å². The van der Waals surface area contributed by atoms with E-state index in [0.717, 1.165) is 28.8 Å². The van der Waals surface area contributed by atoms with Crippen LogP contribution in [0.5, 0.6) is 5.75 Å². The first-order valence-electron chi connectivity index (χ1n) is 8.63. The van der Waals surface area contributed by atoms with Crippen LogP contribution >= 0.6 is 0 Å². The van der Waals surface area contributed by atoms with E-state index in [-0.39, 0.29) is 10.8 Å². The average molecular weight is 373 g/mol. The Morgan fingerprint density at radius 2 is 1.65 bits per heavy atom. The van der Waals surface area contributed by atoms with E-state index in [1.54, 1.807) is 24.0 Å². The number of anilines is 1. The third-order valence-corrected chi connectivity index (χ3v) is 6.26. The van der Waals surface area contributed by atoms with Gasteiger partial charge in [-0.05, 0) is 74.6 Å². The minimum absolute atomic E-state index is 0.0715. The Morgan fingerprint density at radius 3 is 2.27 bits per heavy atom. The Kier molecular flexibility index (Phi) is 4.80. The van der Waals surface area contributed by atoms with Gasteiger partial charge in [0.1, 0.15) is 10.6 Å². The monoisotopic (exact) mass is 373 g/mol. The van der Waals surface area contributed by atoms with Gasteiger partial charge >= 0.3 is 10.1 Å². The largest absolute Gasteiger partial charge is 0.378 e. The van der Waals surface area contributed by atoms with Gasteiger partial charge in [0, 0.05) is 18.7 Å². The van der Waals surface area contributed by atoms with E-state index in [4.69, 9.17) is 4.18 Å². The molecule has 1 saturated heterocycles. The number of hydrogen-bond donors (Lipinski definition) is 0. The van der Waals surface area contributed by atoms with Gasteiger partial charge in [-0.15, -0.1) is 0 Å². The predicted molar refractivity (Wildman–Crippen MR) is 101 cm³/mol. The molecule has 1 heterocycles. The first kappa shape index (κ1) is 18.5. The fraction of sp³-hybridized carbons (Fsp3) is 0.350. The quantitative estimate of drug-likeness (QED) is 0.765. The van der Waals surface area contributed by atoms with Crippen molar-refractivity contribution in [2.75, 3.05) is 11.4 Å². The average Bonchev–Trinajstić information content (AvgIpc) is 3.01. The van der Waals surface area contributed by atoms with Crippen LogP contribution in [-0.2, 0) is 14.9 Å². The van der Waals surface area contributed by atoms with Crippen molar-refractivity contribution in [3.63, 3.8) is 0 Å². The van der Waals surface area contributed by atoms with Crippen molar-refractivity contribution in [3.8, 4) is 5.75 Å². The van der Waals surface area contributed by atoms with E-state index in [1.807, 2.05) is 32.9 Å². The molecular weight excluding hydrogens is 350 g/mol. The van der Waals surface area contributed by atoms with E-state index < -0.39 is 10.1 Å². The summed E-state index contributed by atoms with van der Waals surface area (Å²) in [6.07, 6.45) is 1.36. The van der Waals surface area contributed by atoms with Crippen LogP contribution in [0.2, 0.25) is 0 Å². The zero-order valence-electron chi connectivity index (χ0n) is 15.5. The second-order valence-electron chi connectivity index (χ2n) is 6.79. The number of hydrogen-bond acceptors (Lipinski definition) is 4. The molecule has 1 fully saturated rings. The predicted octanol–water partition coefficient (Wildman–Crippen LogP) is 3.81. The van der Waals surface area contributed by atoms with E-state index in [9.17, 15) is 13.2 Å². The SMILES string of the molecule is Cc1cc(N2CCCC2=O)ccc1S(=O)(=O)Oc1c(C)ccc(C)c1C. The van der Waals surface area contributed by atoms with Crippen molar-refractivity contribution in [2.45, 2.75) is 45.4 Å². The van der Waals surface area contributed by atoms with Gasteiger partial charge in [0.2, 0.25) is 5.91 Å². The molecule has 2 aromatic rings. The molecule has 0 unspecified atom stereocenters. The van der Waals surface area contributed by atoms with Crippen molar-refractivity contribution in [3.05, 3.63) is 52.6 Å². The topological polar surface area (TPSA) is 63.7 Å². The first-order chi connectivity index (χ1) is 12.2. The van der Waals surface area contributed by atoms with Gasteiger partial charge in [-0.25, -0.2) is 0 Å². The number of benzene rings is 2. The molecule has 0 aliphatic carbocycles. The van der Waals surface area contributed by atoms with E-state index >= 15 is 0 Å². The maximum absolute atomic E-state index is 12.8. The molecular formula is C20H23NO4S. The fourth-order valence-corrected chi connectivity index (χ4v) is 4.47. The van der Waals surface area contributed by atoms with E-state index in [0.29, 0.717) is 24.3 Å². The van der Waals surface area contributed by atoms with Crippen LogP contribution in [0.4, 0.5) is 5.69 Å². The molecule has 0 aromatic heterocycles. The van der Waals surface area contributed by atoms with E-state index in [1.165, 1.54) is 6.07 Å². The zero-order valence-corrected chi connectivity index (χ0v) is 16.3. The van der Waals surface area contributed by atoms with Gasteiger partial charge in [0.05, 0.1) is 0 Å². The summed E-state index contributed by atoms with van der Waals surface area (Å²) in [5.74, 6) is 0.450. The second-order valence-corrected chi connectivity index (χ2v) is 8.30. The highest BCUT2D eigenvalue weighted by Crippen LogP contribution is 2.31. The third-order valence-electron chi connectivity index (χ3n) is 4.88. The number of carbonyl (C=O) groups excluding carboxylic acids is 1. The molecule has 0 radical (unpaired) electrons. The number of carbonyl (C=O) groups is 1. The first-order valence-corrected chi connectivity index (χ1v) is 10.0. The van der Waals surface area contributed by atoms with Crippen LogP contribution in [-0.4, -0.2) is 20.9 Å². The molecule has 0 spiro atoms. The Balaban J connectivity index is 1.95. The Bertz CT molecular complexity index is 980. The number of amides is 1. The lowest BCUT2D eigenvalue weighted by Crippen LogP contribution is -2.24. The Labute approximate surface area is 154 Å². The molecule has 5 nitrogen and oxygen atoms in total. The van der Waals surface area contributed by atoms with Crippen LogP contribution in [0, 0.1) is 27.7 Å². The third kappa shape index (κ3) is 3.33. The second kappa shape index (κ2) is 6.76. The standard InChI is InChI=1S/C20H23NO4S/c1-13-7-8-14(2)20(16(13)4)25-26(23,24)18-10-9-17(12-15(18)3)21-11-5-6-19(21)22/h7-10,12H,5-6,11H2,1-4H3. The van der Waals surface area contributed by atoms with Crippen LogP contribution in [0.25, 0.3) is 0 Å². The fourth-order valence-electron chi connectivity index (χ4n) is 3.21. The van der Waals surface area contributed by atoms with Gasteiger partial charge in [0.25, 0.3) is 0 Å². The molecule has 2 aromatic carbocycles. The molecule has 1 aliphatic heterocycles. The minimum atomic E-state index is -3.96. The highest BCUT2D eigenvalue weighted by atomic mass is 32.2. The summed E-state index contributed by atoms with van der Waals surface area (Å²) in [5.41, 5.74) is 3.84. The lowest BCUT2D eigenvalue weighted by molar-refractivity contribution is -0.117. The molecule has 0 saturated carbocycles. The molecule has 0 atom stereocenters. The molecule has 0 N–H and O–H groups in total. The maximum atomic E-state index is 12.8. The molecule has 6 heteroatoms. The van der Waals surface area contributed by atoms with Crippen molar-refractivity contribution < 1.29 is 17.4 Å². The summed E-state index contributed by atoms with van der Waals surface area (Å²) in [4.78, 5) is 13.7. The molecule has 1 aliphatic rings. The van der Waals surface area contributed by atoms with Crippen molar-refractivity contribution in [1.29, 1.82) is 0 Å². The molecule has 138 valence electrons. The lowest BCUT2D eigenvalue weighted by atomic mass is 10.1. The summed E-state index contributed by atoms with van der Waals surface area (Å²) < 4.78 is 31.2. The summed E-state index contributed by atoms with van der Waals surface area (Å²) >= 11 is 0. The van der Waals surface area contributed by atoms with E-state index in [2.05, 4.69) is 0 Å². The summed E-state index contributed by atoms with van der Waals surface area (Å²) in [6.45, 7) is 7.98. The number of aryl methyl sites for hydroxylation is 3. The summed E-state index contributed by atoms with van der Waals surface area (Å²) in [7, 11) is -3.96. The highest BCUT2D eigenvalue weighted by molar-refractivity contribution is 7.87. The molecule has 1 amide bonds. The summed E-state index contributed by atoms with van der Waals surface area (Å²) in [5, 5.41) is 0. The lowest BCUT2D eigenvalue weighted by Gasteiger charge is -2.18. The smallest absolute Gasteiger partial charge is 0.339 e. The van der Waals surface area contributed by atoms with Gasteiger partial charge in [0.15, 0.2) is 0 Å². The molecule has 0 bridgehead atoms.